The minimum absolute atomic E-state index is 0.0318. The van der Waals surface area contributed by atoms with Gasteiger partial charge >= 0.3 is 6.09 Å². The van der Waals surface area contributed by atoms with Gasteiger partial charge < -0.3 is 20.3 Å². The zero-order chi connectivity index (χ0) is 19.9. The topological polar surface area (TPSA) is 87.7 Å². The van der Waals surface area contributed by atoms with Crippen LogP contribution in [-0.4, -0.2) is 54.1 Å². The van der Waals surface area contributed by atoms with Crippen LogP contribution in [0.25, 0.3) is 0 Å². The van der Waals surface area contributed by atoms with Gasteiger partial charge in [0.1, 0.15) is 12.1 Å². The quantitative estimate of drug-likeness (QED) is 0.735. The molecule has 2 rings (SSSR count). The van der Waals surface area contributed by atoms with Gasteiger partial charge in [-0.25, -0.2) is 4.79 Å². The summed E-state index contributed by atoms with van der Waals surface area (Å²) in [4.78, 5) is 37.8. The largest absolute Gasteiger partial charge is 0.444 e. The van der Waals surface area contributed by atoms with Crippen molar-refractivity contribution >= 4 is 17.9 Å². The molecule has 0 unspecified atom stereocenters. The van der Waals surface area contributed by atoms with E-state index in [2.05, 4.69) is 10.6 Å². The lowest BCUT2D eigenvalue weighted by Crippen LogP contribution is -2.48. The van der Waals surface area contributed by atoms with Crippen molar-refractivity contribution in [3.63, 3.8) is 0 Å². The number of ether oxygens (including phenoxy) is 1. The van der Waals surface area contributed by atoms with Crippen molar-refractivity contribution in [1.29, 1.82) is 0 Å². The molecule has 2 fully saturated rings. The first-order valence-electron chi connectivity index (χ1n) is 9.97. The monoisotopic (exact) mass is 379 g/mol. The van der Waals surface area contributed by atoms with E-state index < -0.39 is 11.7 Å². The predicted molar refractivity (Wildman–Crippen MR) is 103 cm³/mol. The molecule has 2 N–H and O–H groups in total. The maximum Gasteiger partial charge on any atom is 0.408 e. The number of hydrogen-bond donors (Lipinski definition) is 2. The molecule has 7 nitrogen and oxygen atoms in total. The van der Waals surface area contributed by atoms with Crippen LogP contribution in [0.5, 0.6) is 0 Å². The number of carbonyl (C=O) groups is 3. The molecular formula is C20H33N3O4. The number of allylic oxidation sites excluding steroid dienone is 1. The van der Waals surface area contributed by atoms with Crippen LogP contribution in [0.1, 0.15) is 65.7 Å². The number of nitrogens with one attached hydrogen (secondary N) is 2. The molecule has 3 amide bonds. The van der Waals surface area contributed by atoms with E-state index in [9.17, 15) is 14.4 Å². The van der Waals surface area contributed by atoms with E-state index in [1.807, 2.05) is 11.0 Å². The first kappa shape index (κ1) is 21.3. The van der Waals surface area contributed by atoms with Crippen molar-refractivity contribution in [2.75, 3.05) is 19.6 Å². The standard InChI is InChI=1S/C20H33N3O4/c1-20(2,3)27-19(26)21-14-17(24)22-16-9-11-23(12-10-16)18(25)13-15-7-5-4-6-8-15/h13,16H,4-12,14H2,1-3H3,(H,21,26)(H,22,24). The fourth-order valence-corrected chi connectivity index (χ4v) is 3.41. The second-order valence-corrected chi connectivity index (χ2v) is 8.39. The number of alkyl carbamates (subject to hydrolysis) is 1. The third-order valence-corrected chi connectivity index (χ3v) is 4.79. The van der Waals surface area contributed by atoms with Crippen molar-refractivity contribution in [1.82, 2.24) is 15.5 Å². The van der Waals surface area contributed by atoms with Gasteiger partial charge in [0.05, 0.1) is 0 Å². The zero-order valence-electron chi connectivity index (χ0n) is 16.8. The molecule has 0 bridgehead atoms. The fraction of sp³-hybridized carbons (Fsp3) is 0.750. The van der Waals surface area contributed by atoms with Gasteiger partial charge in [0.15, 0.2) is 0 Å². The van der Waals surface area contributed by atoms with Crippen molar-refractivity contribution in [2.24, 2.45) is 0 Å². The van der Waals surface area contributed by atoms with Gasteiger partial charge in [-0.2, -0.15) is 0 Å². The summed E-state index contributed by atoms with van der Waals surface area (Å²) < 4.78 is 5.10. The summed E-state index contributed by atoms with van der Waals surface area (Å²) in [6.07, 6.45) is 8.40. The molecule has 0 atom stereocenters. The molecule has 0 aromatic heterocycles. The van der Waals surface area contributed by atoms with Crippen LogP contribution in [0.2, 0.25) is 0 Å². The minimum Gasteiger partial charge on any atom is -0.444 e. The van der Waals surface area contributed by atoms with Crippen LogP contribution in [-0.2, 0) is 14.3 Å². The molecule has 0 radical (unpaired) electrons. The van der Waals surface area contributed by atoms with Crippen LogP contribution < -0.4 is 10.6 Å². The van der Waals surface area contributed by atoms with E-state index >= 15 is 0 Å². The molecule has 27 heavy (non-hydrogen) atoms. The van der Waals surface area contributed by atoms with Crippen molar-refractivity contribution in [3.8, 4) is 0 Å². The summed E-state index contributed by atoms with van der Waals surface area (Å²) in [5, 5.41) is 5.37. The molecule has 1 saturated heterocycles. The normalized spacial score (nSPS) is 18.6. The number of amides is 3. The lowest BCUT2D eigenvalue weighted by molar-refractivity contribution is -0.127. The zero-order valence-corrected chi connectivity index (χ0v) is 16.8. The Kier molecular flexibility index (Phi) is 7.68. The Morgan fingerprint density at radius 1 is 1.11 bits per heavy atom. The summed E-state index contributed by atoms with van der Waals surface area (Å²) in [5.74, 6) is -0.141. The molecule has 1 heterocycles. The highest BCUT2D eigenvalue weighted by Gasteiger charge is 2.24. The lowest BCUT2D eigenvalue weighted by Gasteiger charge is -2.32. The van der Waals surface area contributed by atoms with Crippen molar-refractivity contribution in [3.05, 3.63) is 11.6 Å². The first-order valence-corrected chi connectivity index (χ1v) is 9.97. The maximum atomic E-state index is 12.4. The van der Waals surface area contributed by atoms with Gasteiger partial charge in [-0.3, -0.25) is 9.59 Å². The van der Waals surface area contributed by atoms with E-state index in [1.165, 1.54) is 24.8 Å². The van der Waals surface area contributed by atoms with E-state index in [0.29, 0.717) is 13.1 Å². The molecule has 1 saturated carbocycles. The molecule has 1 aliphatic heterocycles. The van der Waals surface area contributed by atoms with E-state index in [-0.39, 0.29) is 24.4 Å². The summed E-state index contributed by atoms with van der Waals surface area (Å²) >= 11 is 0. The Hall–Kier alpha value is -2.05. The molecule has 0 spiro atoms. The Bertz CT molecular complexity index is 564. The van der Waals surface area contributed by atoms with E-state index in [1.54, 1.807) is 20.8 Å². The second kappa shape index (κ2) is 9.76. The van der Waals surface area contributed by atoms with Gasteiger partial charge in [0, 0.05) is 25.2 Å². The number of carbonyl (C=O) groups excluding carboxylic acids is 3. The Balaban J connectivity index is 1.67. The van der Waals surface area contributed by atoms with Gasteiger partial charge in [-0.1, -0.05) is 12.0 Å². The molecule has 2 aliphatic rings. The number of piperidine rings is 1. The summed E-state index contributed by atoms with van der Waals surface area (Å²) in [5.41, 5.74) is 0.683. The average molecular weight is 380 g/mol. The third kappa shape index (κ3) is 8.01. The third-order valence-electron chi connectivity index (χ3n) is 4.79. The fourth-order valence-electron chi connectivity index (χ4n) is 3.41. The predicted octanol–water partition coefficient (Wildman–Crippen LogP) is 2.51. The van der Waals surface area contributed by atoms with Crippen LogP contribution in [0, 0.1) is 0 Å². The van der Waals surface area contributed by atoms with Gasteiger partial charge in [0.2, 0.25) is 11.8 Å². The smallest absolute Gasteiger partial charge is 0.408 e. The molecule has 0 aromatic carbocycles. The number of rotatable bonds is 4. The molecule has 152 valence electrons. The molecule has 0 aromatic rings. The Morgan fingerprint density at radius 3 is 2.33 bits per heavy atom. The van der Waals surface area contributed by atoms with Crippen LogP contribution in [0.15, 0.2) is 11.6 Å². The van der Waals surface area contributed by atoms with Gasteiger partial charge in [-0.05, 0) is 59.3 Å². The van der Waals surface area contributed by atoms with Crippen LogP contribution in [0.4, 0.5) is 4.79 Å². The summed E-state index contributed by atoms with van der Waals surface area (Å²) in [6, 6.07) is 0.0318. The number of likely N-dealkylation sites (tertiary alicyclic amines) is 1. The van der Waals surface area contributed by atoms with Crippen molar-refractivity contribution < 1.29 is 19.1 Å². The minimum atomic E-state index is -0.603. The Morgan fingerprint density at radius 2 is 1.74 bits per heavy atom. The van der Waals surface area contributed by atoms with E-state index in [4.69, 9.17) is 4.74 Å². The van der Waals surface area contributed by atoms with Crippen molar-refractivity contribution in [2.45, 2.75) is 77.4 Å². The first-order chi connectivity index (χ1) is 12.7. The highest BCUT2D eigenvalue weighted by Crippen LogP contribution is 2.23. The highest BCUT2D eigenvalue weighted by atomic mass is 16.6. The lowest BCUT2D eigenvalue weighted by atomic mass is 9.94. The van der Waals surface area contributed by atoms with E-state index in [0.717, 1.165) is 25.7 Å². The molecule has 7 heteroatoms. The molecular weight excluding hydrogens is 346 g/mol. The SMILES string of the molecule is CC(C)(C)OC(=O)NCC(=O)NC1CCN(C(=O)C=C2CCCCC2)CC1. The summed E-state index contributed by atoms with van der Waals surface area (Å²) in [7, 11) is 0. The molecule has 1 aliphatic carbocycles. The average Bonchev–Trinajstić information content (AvgIpc) is 2.60. The van der Waals surface area contributed by atoms with Crippen LogP contribution >= 0.6 is 0 Å². The highest BCUT2D eigenvalue weighted by molar-refractivity contribution is 5.88. The summed E-state index contributed by atoms with van der Waals surface area (Å²) in [6.45, 7) is 6.49. The number of hydrogen-bond acceptors (Lipinski definition) is 4. The van der Waals surface area contributed by atoms with Gasteiger partial charge in [0.25, 0.3) is 0 Å². The van der Waals surface area contributed by atoms with Crippen LogP contribution in [0.3, 0.4) is 0 Å². The second-order valence-electron chi connectivity index (χ2n) is 8.39. The Labute approximate surface area is 161 Å². The maximum absolute atomic E-state index is 12.4. The van der Waals surface area contributed by atoms with Gasteiger partial charge in [-0.15, -0.1) is 0 Å². The number of nitrogens with zero attached hydrogens (tertiary/aromatic N) is 1.